The summed E-state index contributed by atoms with van der Waals surface area (Å²) < 4.78 is 0. The SMILES string of the molecule is BN1CC(=O)C(C(=N)N)=C1N. The van der Waals surface area contributed by atoms with Crippen LogP contribution in [0.5, 0.6) is 0 Å². The van der Waals surface area contributed by atoms with Crippen LogP contribution >= 0.6 is 0 Å². The average Bonchev–Trinajstić information content (AvgIpc) is 2.07. The lowest BCUT2D eigenvalue weighted by molar-refractivity contribution is -0.114. The van der Waals surface area contributed by atoms with Gasteiger partial charge in [-0.2, -0.15) is 0 Å². The van der Waals surface area contributed by atoms with E-state index in [0.29, 0.717) is 5.82 Å². The van der Waals surface area contributed by atoms with Crippen LogP contribution in [0.25, 0.3) is 0 Å². The third-order valence-corrected chi connectivity index (χ3v) is 1.60. The van der Waals surface area contributed by atoms with E-state index in [-0.39, 0.29) is 23.7 Å². The molecule has 0 spiro atoms. The van der Waals surface area contributed by atoms with Gasteiger partial charge in [-0.25, -0.2) is 0 Å². The Morgan fingerprint density at radius 2 is 2.27 bits per heavy atom. The topological polar surface area (TPSA) is 96.2 Å². The van der Waals surface area contributed by atoms with E-state index >= 15 is 0 Å². The van der Waals surface area contributed by atoms with Crippen molar-refractivity contribution in [1.82, 2.24) is 4.81 Å². The molecule has 0 saturated carbocycles. The van der Waals surface area contributed by atoms with Crippen LogP contribution in [-0.4, -0.2) is 31.0 Å². The second-order valence-electron chi connectivity index (χ2n) is 2.45. The molecule has 5 nitrogen and oxygen atoms in total. The largest absolute Gasteiger partial charge is 0.402 e. The highest BCUT2D eigenvalue weighted by molar-refractivity contribution is 6.25. The first-order chi connectivity index (χ1) is 5.04. The van der Waals surface area contributed by atoms with Crippen molar-refractivity contribution in [3.63, 3.8) is 0 Å². The van der Waals surface area contributed by atoms with E-state index in [4.69, 9.17) is 16.9 Å². The summed E-state index contributed by atoms with van der Waals surface area (Å²) in [7, 11) is 1.68. The van der Waals surface area contributed by atoms with E-state index in [1.54, 1.807) is 12.8 Å². The fraction of sp³-hybridized carbons (Fsp3) is 0.200. The van der Waals surface area contributed by atoms with Gasteiger partial charge in [-0.1, -0.05) is 0 Å². The van der Waals surface area contributed by atoms with E-state index in [1.165, 1.54) is 0 Å². The molecule has 1 heterocycles. The Morgan fingerprint density at radius 1 is 1.73 bits per heavy atom. The van der Waals surface area contributed by atoms with Crippen LogP contribution in [0.4, 0.5) is 0 Å². The predicted molar refractivity (Wildman–Crippen MR) is 43.4 cm³/mol. The van der Waals surface area contributed by atoms with E-state index < -0.39 is 0 Å². The molecule has 6 heteroatoms. The number of ketones is 1. The lowest BCUT2D eigenvalue weighted by Crippen LogP contribution is -2.22. The monoisotopic (exact) mass is 152 g/mol. The van der Waals surface area contributed by atoms with Gasteiger partial charge in [-0.05, 0) is 0 Å². The highest BCUT2D eigenvalue weighted by Gasteiger charge is 2.26. The molecule has 58 valence electrons. The first-order valence-corrected chi connectivity index (χ1v) is 3.12. The van der Waals surface area contributed by atoms with Gasteiger partial charge in [0.05, 0.1) is 12.1 Å². The molecule has 0 amide bonds. The predicted octanol–water partition coefficient (Wildman–Crippen LogP) is -2.47. The first kappa shape index (κ1) is 7.65. The van der Waals surface area contributed by atoms with Crippen molar-refractivity contribution in [2.24, 2.45) is 11.5 Å². The van der Waals surface area contributed by atoms with Crippen molar-refractivity contribution in [1.29, 1.82) is 5.41 Å². The van der Waals surface area contributed by atoms with Gasteiger partial charge in [-0.3, -0.25) is 10.2 Å². The molecule has 1 aliphatic heterocycles. The maximum atomic E-state index is 11.0. The van der Waals surface area contributed by atoms with Crippen LogP contribution in [0, 0.1) is 5.41 Å². The van der Waals surface area contributed by atoms with E-state index in [1.807, 2.05) is 0 Å². The number of nitrogens with one attached hydrogen (secondary N) is 1. The molecule has 0 bridgehead atoms. The third kappa shape index (κ3) is 1.06. The minimum absolute atomic E-state index is 0.146. The van der Waals surface area contributed by atoms with Crippen LogP contribution in [0.3, 0.4) is 0 Å². The summed E-state index contributed by atoms with van der Waals surface area (Å²) in [6.07, 6.45) is 0. The van der Waals surface area contributed by atoms with Crippen LogP contribution in [0.15, 0.2) is 11.4 Å². The fourth-order valence-electron chi connectivity index (χ4n) is 1.00. The highest BCUT2D eigenvalue weighted by Crippen LogP contribution is 2.12. The van der Waals surface area contributed by atoms with Crippen molar-refractivity contribution >= 4 is 19.6 Å². The Hall–Kier alpha value is -1.46. The number of carbonyl (C=O) groups excluding carboxylic acids is 1. The van der Waals surface area contributed by atoms with E-state index in [0.717, 1.165) is 0 Å². The lowest BCUT2D eigenvalue weighted by Gasteiger charge is -2.09. The number of carbonyl (C=O) groups is 1. The molecule has 0 aliphatic carbocycles. The Balaban J connectivity index is 3.07. The Morgan fingerprint density at radius 3 is 2.45 bits per heavy atom. The van der Waals surface area contributed by atoms with Gasteiger partial charge in [0.15, 0.2) is 5.78 Å². The Kier molecular flexibility index (Phi) is 1.60. The van der Waals surface area contributed by atoms with Gasteiger partial charge in [-0.15, -0.1) is 0 Å². The summed E-state index contributed by atoms with van der Waals surface area (Å²) in [5.41, 5.74) is 10.8. The molecule has 0 atom stereocenters. The van der Waals surface area contributed by atoms with Crippen LogP contribution in [-0.2, 0) is 4.79 Å². The smallest absolute Gasteiger partial charge is 0.219 e. The summed E-state index contributed by atoms with van der Waals surface area (Å²) >= 11 is 0. The summed E-state index contributed by atoms with van der Waals surface area (Å²) in [6, 6.07) is 0. The molecule has 11 heavy (non-hydrogen) atoms. The highest BCUT2D eigenvalue weighted by atomic mass is 16.1. The normalized spacial score (nSPS) is 17.8. The molecule has 0 radical (unpaired) electrons. The van der Waals surface area contributed by atoms with Gasteiger partial charge in [0, 0.05) is 0 Å². The second-order valence-corrected chi connectivity index (χ2v) is 2.45. The van der Waals surface area contributed by atoms with E-state index in [9.17, 15) is 4.79 Å². The second kappa shape index (κ2) is 2.30. The molecule has 0 aromatic heterocycles. The Bertz CT molecular complexity index is 259. The minimum atomic E-state index is -0.253. The molecule has 0 fully saturated rings. The minimum Gasteiger partial charge on any atom is -0.402 e. The van der Waals surface area contributed by atoms with Crippen molar-refractivity contribution in [3.8, 4) is 0 Å². The summed E-state index contributed by atoms with van der Waals surface area (Å²) in [5, 5.41) is 7.03. The molecule has 5 N–H and O–H groups in total. The molecule has 0 unspecified atom stereocenters. The van der Waals surface area contributed by atoms with Crippen LogP contribution in [0.2, 0.25) is 0 Å². The van der Waals surface area contributed by atoms with Gasteiger partial charge in [0.1, 0.15) is 11.7 Å². The number of Topliss-reactive ketones (excluding diaryl/α,β-unsaturated/α-hetero) is 1. The van der Waals surface area contributed by atoms with Gasteiger partial charge >= 0.3 is 0 Å². The van der Waals surface area contributed by atoms with Crippen molar-refractivity contribution in [3.05, 3.63) is 11.4 Å². The zero-order chi connectivity index (χ0) is 8.59. The quantitative estimate of drug-likeness (QED) is 0.220. The molecule has 0 saturated heterocycles. The van der Waals surface area contributed by atoms with Crippen molar-refractivity contribution < 1.29 is 4.79 Å². The number of hydrogen-bond donors (Lipinski definition) is 3. The van der Waals surface area contributed by atoms with Gasteiger partial charge in [0.2, 0.25) is 7.98 Å². The third-order valence-electron chi connectivity index (χ3n) is 1.60. The molecule has 1 rings (SSSR count). The summed E-state index contributed by atoms with van der Waals surface area (Å²) in [5.74, 6) is -0.142. The molecular formula is C5H9BN4O. The number of rotatable bonds is 1. The van der Waals surface area contributed by atoms with Crippen LogP contribution < -0.4 is 11.5 Å². The summed E-state index contributed by atoms with van der Waals surface area (Å²) in [4.78, 5) is 12.6. The molecular weight excluding hydrogens is 143 g/mol. The lowest BCUT2D eigenvalue weighted by atomic mass is 10.2. The average molecular weight is 152 g/mol. The first-order valence-electron chi connectivity index (χ1n) is 3.12. The van der Waals surface area contributed by atoms with Crippen molar-refractivity contribution in [2.75, 3.05) is 6.54 Å². The van der Waals surface area contributed by atoms with Gasteiger partial charge < -0.3 is 16.3 Å². The molecule has 0 aromatic rings. The van der Waals surface area contributed by atoms with Crippen LogP contribution in [0.1, 0.15) is 0 Å². The maximum absolute atomic E-state index is 11.0. The van der Waals surface area contributed by atoms with E-state index in [2.05, 4.69) is 0 Å². The number of hydrogen-bond acceptors (Lipinski definition) is 4. The standard InChI is InChI=1S/C5H9BN4O/c6-10-1-2(11)3(4(7)8)5(10)9/h1,6,9H2,(H3,7,8). The Labute approximate surface area is 65.0 Å². The fourth-order valence-corrected chi connectivity index (χ4v) is 1.00. The summed E-state index contributed by atoms with van der Waals surface area (Å²) in [6.45, 7) is 0.223. The van der Waals surface area contributed by atoms with Crippen molar-refractivity contribution in [2.45, 2.75) is 0 Å². The number of nitrogens with two attached hydrogens (primary N) is 2. The molecule has 0 aromatic carbocycles. The maximum Gasteiger partial charge on any atom is 0.219 e. The van der Waals surface area contributed by atoms with Gasteiger partial charge in [0.25, 0.3) is 0 Å². The zero-order valence-corrected chi connectivity index (χ0v) is 6.22. The zero-order valence-electron chi connectivity index (χ0n) is 6.22. The number of amidine groups is 1. The molecule has 1 aliphatic rings. The number of nitrogens with zero attached hydrogens (tertiary/aromatic N) is 1.